The number of carbonyl (C=O) groups excluding carboxylic acids is 1. The Morgan fingerprint density at radius 1 is 1.20 bits per heavy atom. The number of nitrogens with one attached hydrogen (secondary N) is 3. The van der Waals surface area contributed by atoms with Gasteiger partial charge in [0, 0.05) is 41.0 Å². The van der Waals surface area contributed by atoms with Crippen molar-refractivity contribution in [2.75, 3.05) is 17.2 Å². The molecule has 4 aromatic rings. The SMILES string of the molecule is CCC(C)c1c(F)cccc1Nc1cc(NCC(C)(C)O)c2ncc(-c3ccc(C(=O)NC4CC4)c(C)c3)n2n1. The second-order valence-corrected chi connectivity index (χ2v) is 11.4. The van der Waals surface area contributed by atoms with E-state index in [2.05, 4.69) is 20.9 Å². The number of anilines is 3. The number of carbonyl (C=O) groups is 1. The first-order valence-corrected chi connectivity index (χ1v) is 13.9. The first kappa shape index (κ1) is 27.6. The van der Waals surface area contributed by atoms with Gasteiger partial charge in [0.25, 0.3) is 5.91 Å². The summed E-state index contributed by atoms with van der Waals surface area (Å²) >= 11 is 0. The van der Waals surface area contributed by atoms with Crippen molar-refractivity contribution in [3.63, 3.8) is 0 Å². The number of rotatable bonds is 10. The third kappa shape index (κ3) is 5.94. The topological polar surface area (TPSA) is 104 Å². The van der Waals surface area contributed by atoms with Crippen LogP contribution in [-0.4, -0.2) is 43.8 Å². The fraction of sp³-hybridized carbons (Fsp3) is 0.387. The molecular weight excluding hydrogens is 507 g/mol. The Morgan fingerprint density at radius 2 is 1.98 bits per heavy atom. The molecule has 0 bridgehead atoms. The van der Waals surface area contributed by atoms with E-state index in [-0.39, 0.29) is 30.2 Å². The zero-order valence-corrected chi connectivity index (χ0v) is 23.7. The summed E-state index contributed by atoms with van der Waals surface area (Å²) in [4.78, 5) is 17.3. The lowest BCUT2D eigenvalue weighted by Gasteiger charge is -2.20. The van der Waals surface area contributed by atoms with Crippen LogP contribution >= 0.6 is 0 Å². The molecule has 1 amide bonds. The van der Waals surface area contributed by atoms with Crippen LogP contribution in [0.2, 0.25) is 0 Å². The van der Waals surface area contributed by atoms with Crippen molar-refractivity contribution in [1.29, 1.82) is 0 Å². The van der Waals surface area contributed by atoms with Gasteiger partial charge in [0.05, 0.1) is 23.2 Å². The van der Waals surface area contributed by atoms with Crippen LogP contribution in [0.5, 0.6) is 0 Å². The van der Waals surface area contributed by atoms with Crippen LogP contribution in [-0.2, 0) is 0 Å². The molecule has 0 spiro atoms. The number of benzene rings is 2. The summed E-state index contributed by atoms with van der Waals surface area (Å²) in [7, 11) is 0. The van der Waals surface area contributed by atoms with Crippen LogP contribution in [0, 0.1) is 12.7 Å². The summed E-state index contributed by atoms with van der Waals surface area (Å²) in [5.41, 5.74) is 4.67. The number of aromatic nitrogens is 3. The van der Waals surface area contributed by atoms with Gasteiger partial charge in [0.15, 0.2) is 11.5 Å². The van der Waals surface area contributed by atoms with Crippen molar-refractivity contribution >= 4 is 28.7 Å². The number of fused-ring (bicyclic) bond motifs is 1. The normalized spacial score (nSPS) is 14.3. The lowest BCUT2D eigenvalue weighted by Crippen LogP contribution is -2.29. The van der Waals surface area contributed by atoms with Gasteiger partial charge in [-0.25, -0.2) is 13.9 Å². The fourth-order valence-electron chi connectivity index (χ4n) is 4.73. The van der Waals surface area contributed by atoms with Gasteiger partial charge in [-0.3, -0.25) is 4.79 Å². The van der Waals surface area contributed by atoms with Crippen LogP contribution in [0.4, 0.5) is 21.6 Å². The number of aliphatic hydroxyl groups is 1. The molecule has 1 unspecified atom stereocenters. The van der Waals surface area contributed by atoms with E-state index in [0.717, 1.165) is 36.1 Å². The van der Waals surface area contributed by atoms with Gasteiger partial charge in [-0.1, -0.05) is 26.0 Å². The molecule has 5 rings (SSSR count). The molecule has 1 atom stereocenters. The number of hydrogen-bond acceptors (Lipinski definition) is 6. The largest absolute Gasteiger partial charge is 0.389 e. The average molecular weight is 545 g/mol. The van der Waals surface area contributed by atoms with Crippen molar-refractivity contribution < 1.29 is 14.3 Å². The van der Waals surface area contributed by atoms with Crippen LogP contribution in [0.1, 0.15) is 74.4 Å². The summed E-state index contributed by atoms with van der Waals surface area (Å²) in [6.45, 7) is 9.70. The maximum absolute atomic E-state index is 14.9. The molecule has 2 heterocycles. The average Bonchev–Trinajstić information content (AvgIpc) is 3.61. The maximum Gasteiger partial charge on any atom is 0.251 e. The molecule has 40 heavy (non-hydrogen) atoms. The highest BCUT2D eigenvalue weighted by Crippen LogP contribution is 2.33. The number of hydrogen-bond donors (Lipinski definition) is 4. The van der Waals surface area contributed by atoms with Gasteiger partial charge >= 0.3 is 0 Å². The summed E-state index contributed by atoms with van der Waals surface area (Å²) < 4.78 is 16.6. The van der Waals surface area contributed by atoms with E-state index in [4.69, 9.17) is 5.10 Å². The van der Waals surface area contributed by atoms with E-state index >= 15 is 0 Å². The molecule has 0 radical (unpaired) electrons. The Labute approximate surface area is 234 Å². The van der Waals surface area contributed by atoms with Gasteiger partial charge in [-0.15, -0.1) is 5.10 Å². The predicted octanol–water partition coefficient (Wildman–Crippen LogP) is 6.18. The second-order valence-electron chi connectivity index (χ2n) is 11.4. The minimum atomic E-state index is -0.955. The summed E-state index contributed by atoms with van der Waals surface area (Å²) in [5.74, 6) is 0.199. The summed E-state index contributed by atoms with van der Waals surface area (Å²) in [5, 5.41) is 24.9. The molecule has 4 N–H and O–H groups in total. The highest BCUT2D eigenvalue weighted by atomic mass is 19.1. The number of amides is 1. The molecule has 1 fully saturated rings. The summed E-state index contributed by atoms with van der Waals surface area (Å²) in [6.07, 6.45) is 4.60. The van der Waals surface area contributed by atoms with Crippen LogP contribution in [0.25, 0.3) is 16.9 Å². The smallest absolute Gasteiger partial charge is 0.251 e. The summed E-state index contributed by atoms with van der Waals surface area (Å²) in [6, 6.07) is 12.8. The number of halogens is 1. The highest BCUT2D eigenvalue weighted by molar-refractivity contribution is 5.96. The number of imidazole rings is 1. The fourth-order valence-corrected chi connectivity index (χ4v) is 4.73. The van der Waals surface area contributed by atoms with E-state index in [1.165, 1.54) is 6.07 Å². The monoisotopic (exact) mass is 544 g/mol. The van der Waals surface area contributed by atoms with Crippen molar-refractivity contribution in [2.24, 2.45) is 0 Å². The highest BCUT2D eigenvalue weighted by Gasteiger charge is 2.25. The Hall–Kier alpha value is -3.98. The van der Waals surface area contributed by atoms with Crippen LogP contribution in [0.15, 0.2) is 48.7 Å². The molecule has 1 aliphatic rings. The molecule has 8 nitrogen and oxygen atoms in total. The van der Waals surface area contributed by atoms with Gasteiger partial charge in [-0.05, 0) is 75.8 Å². The van der Waals surface area contributed by atoms with E-state index in [1.54, 1.807) is 30.6 Å². The van der Waals surface area contributed by atoms with E-state index in [1.807, 2.05) is 51.1 Å². The van der Waals surface area contributed by atoms with Crippen molar-refractivity contribution in [3.8, 4) is 11.3 Å². The number of aryl methyl sites for hydroxylation is 1. The lowest BCUT2D eigenvalue weighted by atomic mass is 9.96. The maximum atomic E-state index is 14.9. The minimum Gasteiger partial charge on any atom is -0.389 e. The zero-order chi connectivity index (χ0) is 28.6. The molecule has 2 aromatic heterocycles. The molecule has 1 saturated carbocycles. The molecular formula is C31H37FN6O2. The Bertz CT molecular complexity index is 1550. The Balaban J connectivity index is 1.57. The van der Waals surface area contributed by atoms with Crippen molar-refractivity contribution in [1.82, 2.24) is 19.9 Å². The predicted molar refractivity (Wildman–Crippen MR) is 157 cm³/mol. The third-order valence-corrected chi connectivity index (χ3v) is 7.28. The van der Waals surface area contributed by atoms with Gasteiger partial charge in [0.2, 0.25) is 0 Å². The standard InChI is InChI=1S/C31H37FN6O2/c1-6-18(2)28-23(32)8-7-9-24(28)36-27-15-25(34-17-31(4,5)40)29-33-16-26(38(29)37-27)20-10-13-22(19(3)14-20)30(39)35-21-11-12-21/h7-10,13-16,18,21,34,40H,6,11-12,17H2,1-5H3,(H,35,39)(H,36,37). The second kappa shape index (κ2) is 10.9. The van der Waals surface area contributed by atoms with Crippen molar-refractivity contribution in [3.05, 3.63) is 71.2 Å². The van der Waals surface area contributed by atoms with Crippen LogP contribution in [0.3, 0.4) is 0 Å². The minimum absolute atomic E-state index is 0.0163. The first-order chi connectivity index (χ1) is 19.0. The molecule has 9 heteroatoms. The zero-order valence-electron chi connectivity index (χ0n) is 23.7. The van der Waals surface area contributed by atoms with E-state index < -0.39 is 5.60 Å². The van der Waals surface area contributed by atoms with Gasteiger partial charge in [0.1, 0.15) is 5.82 Å². The number of nitrogens with zero attached hydrogens (tertiary/aromatic N) is 3. The quantitative estimate of drug-likeness (QED) is 0.190. The van der Waals surface area contributed by atoms with E-state index in [9.17, 15) is 14.3 Å². The first-order valence-electron chi connectivity index (χ1n) is 13.9. The lowest BCUT2D eigenvalue weighted by molar-refractivity contribution is 0.0940. The van der Waals surface area contributed by atoms with Gasteiger partial charge in [-0.2, -0.15) is 0 Å². The Morgan fingerprint density at radius 3 is 2.65 bits per heavy atom. The molecule has 210 valence electrons. The molecule has 1 aliphatic carbocycles. The van der Waals surface area contributed by atoms with Gasteiger partial charge < -0.3 is 21.1 Å². The molecule has 2 aromatic carbocycles. The molecule has 0 aliphatic heterocycles. The van der Waals surface area contributed by atoms with Crippen LogP contribution < -0.4 is 16.0 Å². The van der Waals surface area contributed by atoms with E-state index in [0.29, 0.717) is 34.0 Å². The molecule has 0 saturated heterocycles. The van der Waals surface area contributed by atoms with Crippen molar-refractivity contribution in [2.45, 2.75) is 71.4 Å². The third-order valence-electron chi connectivity index (χ3n) is 7.28. The Kier molecular flexibility index (Phi) is 7.51.